The van der Waals surface area contributed by atoms with Crippen molar-refractivity contribution in [1.29, 1.82) is 0 Å². The summed E-state index contributed by atoms with van der Waals surface area (Å²) in [5, 5.41) is 2.62. The SMILES string of the molecule is CCOC(=O)[C@@H](OC(C)(C)C)c1c(C)cc2nc(-c3cnc4c(c3)c(N3CCN(C)CC3)cn4C)sc2c1-c1ccc(Cl)cc1. The molecule has 1 atom stereocenters. The van der Waals surface area contributed by atoms with Crippen LogP contribution in [0.1, 0.15) is 44.9 Å². The molecule has 2 aromatic carbocycles. The number of thiazole rings is 1. The average molecular weight is 646 g/mol. The second-order valence-corrected chi connectivity index (χ2v) is 14.2. The van der Waals surface area contributed by atoms with Crippen molar-refractivity contribution in [2.75, 3.05) is 44.7 Å². The van der Waals surface area contributed by atoms with Gasteiger partial charge in [-0.05, 0) is 77.1 Å². The summed E-state index contributed by atoms with van der Waals surface area (Å²) in [5.74, 6) is -0.412. The normalized spacial score (nSPS) is 15.2. The predicted molar refractivity (Wildman–Crippen MR) is 184 cm³/mol. The van der Waals surface area contributed by atoms with Gasteiger partial charge in [0.15, 0.2) is 6.10 Å². The third-order valence-corrected chi connectivity index (χ3v) is 9.57. The summed E-state index contributed by atoms with van der Waals surface area (Å²) >= 11 is 7.91. The summed E-state index contributed by atoms with van der Waals surface area (Å²) in [7, 11) is 4.22. The van der Waals surface area contributed by atoms with Gasteiger partial charge in [-0.3, -0.25) is 0 Å². The monoisotopic (exact) mass is 645 g/mol. The van der Waals surface area contributed by atoms with Crippen LogP contribution >= 0.6 is 22.9 Å². The Morgan fingerprint density at radius 3 is 2.44 bits per heavy atom. The number of aromatic nitrogens is 3. The van der Waals surface area contributed by atoms with Gasteiger partial charge >= 0.3 is 5.97 Å². The Balaban J connectivity index is 1.54. The van der Waals surface area contributed by atoms with Crippen LogP contribution in [-0.4, -0.2) is 70.8 Å². The first-order valence-corrected chi connectivity index (χ1v) is 16.6. The minimum Gasteiger partial charge on any atom is -0.464 e. The Kier molecular flexibility index (Phi) is 8.65. The topological polar surface area (TPSA) is 72.7 Å². The summed E-state index contributed by atoms with van der Waals surface area (Å²) in [6.45, 7) is 13.9. The lowest BCUT2D eigenvalue weighted by molar-refractivity contribution is -0.166. The van der Waals surface area contributed by atoms with Crippen LogP contribution in [0.4, 0.5) is 5.69 Å². The Hall–Kier alpha value is -3.50. The van der Waals surface area contributed by atoms with Crippen LogP contribution in [-0.2, 0) is 21.3 Å². The molecular formula is C35H40ClN5O3S. The molecule has 236 valence electrons. The Morgan fingerprint density at radius 2 is 1.78 bits per heavy atom. The van der Waals surface area contributed by atoms with Crippen molar-refractivity contribution in [2.45, 2.75) is 46.3 Å². The van der Waals surface area contributed by atoms with Crippen molar-refractivity contribution in [3.63, 3.8) is 0 Å². The van der Waals surface area contributed by atoms with Gasteiger partial charge < -0.3 is 23.8 Å². The minimum absolute atomic E-state index is 0.260. The number of anilines is 1. The van der Waals surface area contributed by atoms with E-state index in [9.17, 15) is 4.79 Å². The van der Waals surface area contributed by atoms with E-state index < -0.39 is 17.7 Å². The highest BCUT2D eigenvalue weighted by molar-refractivity contribution is 7.22. The van der Waals surface area contributed by atoms with E-state index in [0.29, 0.717) is 5.02 Å². The first kappa shape index (κ1) is 31.5. The van der Waals surface area contributed by atoms with E-state index >= 15 is 0 Å². The molecule has 0 aliphatic carbocycles. The van der Waals surface area contributed by atoms with Crippen LogP contribution in [0.25, 0.3) is 42.9 Å². The summed E-state index contributed by atoms with van der Waals surface area (Å²) < 4.78 is 15.1. The van der Waals surface area contributed by atoms with Crippen LogP contribution in [0.5, 0.6) is 0 Å². The Labute approximate surface area is 273 Å². The number of carbonyl (C=O) groups is 1. The van der Waals surface area contributed by atoms with E-state index in [4.69, 9.17) is 31.0 Å². The molecule has 1 aliphatic rings. The molecule has 6 rings (SSSR count). The average Bonchev–Trinajstić information content (AvgIpc) is 3.56. The van der Waals surface area contributed by atoms with Crippen LogP contribution in [0.3, 0.4) is 0 Å². The van der Waals surface area contributed by atoms with E-state index in [0.717, 1.165) is 80.3 Å². The molecule has 1 saturated heterocycles. The van der Waals surface area contributed by atoms with Crippen molar-refractivity contribution in [1.82, 2.24) is 19.4 Å². The molecule has 10 heteroatoms. The van der Waals surface area contributed by atoms with Crippen LogP contribution in [0, 0.1) is 6.92 Å². The first-order chi connectivity index (χ1) is 21.4. The third kappa shape index (κ3) is 6.31. The second-order valence-electron chi connectivity index (χ2n) is 12.7. The van der Waals surface area contributed by atoms with Gasteiger partial charge in [-0.25, -0.2) is 14.8 Å². The fourth-order valence-electron chi connectivity index (χ4n) is 6.03. The zero-order valence-corrected chi connectivity index (χ0v) is 28.6. The van der Waals surface area contributed by atoms with Crippen LogP contribution in [0.15, 0.2) is 48.8 Å². The van der Waals surface area contributed by atoms with Crippen LogP contribution in [0.2, 0.25) is 5.02 Å². The van der Waals surface area contributed by atoms with Crippen molar-refractivity contribution >= 4 is 55.8 Å². The fourth-order valence-corrected chi connectivity index (χ4v) is 7.26. The van der Waals surface area contributed by atoms with E-state index in [2.05, 4.69) is 40.7 Å². The van der Waals surface area contributed by atoms with Gasteiger partial charge in [0, 0.05) is 72.7 Å². The lowest BCUT2D eigenvalue weighted by atomic mass is 9.91. The van der Waals surface area contributed by atoms with E-state index in [1.54, 1.807) is 11.3 Å². The zero-order valence-electron chi connectivity index (χ0n) is 27.0. The maximum absolute atomic E-state index is 13.5. The van der Waals surface area contributed by atoms with Crippen molar-refractivity contribution in [3.05, 3.63) is 64.9 Å². The molecule has 0 spiro atoms. The molecule has 5 aromatic rings. The molecule has 0 N–H and O–H groups in total. The zero-order chi connectivity index (χ0) is 32.0. The maximum atomic E-state index is 13.5. The lowest BCUT2D eigenvalue weighted by Crippen LogP contribution is -2.44. The van der Waals surface area contributed by atoms with Gasteiger partial charge in [0.05, 0.1) is 28.1 Å². The highest BCUT2D eigenvalue weighted by atomic mass is 35.5. The van der Waals surface area contributed by atoms with E-state index in [1.807, 2.05) is 71.1 Å². The molecule has 3 aromatic heterocycles. The second kappa shape index (κ2) is 12.4. The summed E-state index contributed by atoms with van der Waals surface area (Å²) in [6.07, 6.45) is 3.18. The highest BCUT2D eigenvalue weighted by Crippen LogP contribution is 2.45. The molecule has 0 saturated carbocycles. The molecule has 0 unspecified atom stereocenters. The van der Waals surface area contributed by atoms with Gasteiger partial charge in [0.2, 0.25) is 0 Å². The number of aryl methyl sites for hydroxylation is 2. The smallest absolute Gasteiger partial charge is 0.339 e. The number of nitrogens with zero attached hydrogens (tertiary/aromatic N) is 5. The number of halogens is 1. The summed E-state index contributed by atoms with van der Waals surface area (Å²) in [4.78, 5) is 28.3. The molecule has 1 aliphatic heterocycles. The number of pyridine rings is 1. The number of hydrogen-bond acceptors (Lipinski definition) is 8. The third-order valence-electron chi connectivity index (χ3n) is 8.18. The quantitative estimate of drug-likeness (QED) is 0.168. The molecular weight excluding hydrogens is 606 g/mol. The number of rotatable bonds is 7. The highest BCUT2D eigenvalue weighted by Gasteiger charge is 2.33. The van der Waals surface area contributed by atoms with Gasteiger partial charge in [0.25, 0.3) is 0 Å². The fraction of sp³-hybridized carbons (Fsp3) is 0.400. The van der Waals surface area contributed by atoms with Crippen molar-refractivity contribution in [2.24, 2.45) is 7.05 Å². The summed E-state index contributed by atoms with van der Waals surface area (Å²) in [6, 6.07) is 12.0. The Bertz CT molecular complexity index is 1870. The first-order valence-electron chi connectivity index (χ1n) is 15.4. The number of carbonyl (C=O) groups excluding carboxylic acids is 1. The molecule has 0 radical (unpaired) electrons. The number of hydrogen-bond donors (Lipinski definition) is 0. The maximum Gasteiger partial charge on any atom is 0.339 e. The molecule has 0 bridgehead atoms. The molecule has 8 nitrogen and oxygen atoms in total. The molecule has 0 amide bonds. The van der Waals surface area contributed by atoms with Crippen LogP contribution < -0.4 is 4.90 Å². The number of piperazine rings is 1. The largest absolute Gasteiger partial charge is 0.464 e. The number of benzene rings is 2. The molecule has 45 heavy (non-hydrogen) atoms. The predicted octanol–water partition coefficient (Wildman–Crippen LogP) is 7.65. The molecule has 4 heterocycles. The Morgan fingerprint density at radius 1 is 1.07 bits per heavy atom. The number of likely N-dealkylation sites (N-methyl/N-ethyl adjacent to an activating group) is 1. The van der Waals surface area contributed by atoms with Gasteiger partial charge in [0.1, 0.15) is 10.7 Å². The van der Waals surface area contributed by atoms with Gasteiger partial charge in [-0.2, -0.15) is 0 Å². The van der Waals surface area contributed by atoms with E-state index in [-0.39, 0.29) is 6.61 Å². The standard InChI is InChI=1S/C35H40ClN5O3S/c1-8-43-34(42)30(44-35(3,4)5)28-21(2)17-26-31(29(28)22-9-11-24(36)12-10-22)45-33(38-26)23-18-25-27(20-40(7)32(25)37-19-23)41-15-13-39(6)14-16-41/h9-12,17-20,30H,8,13-16H2,1-7H3/t30-/m0/s1. The molecule has 1 fully saturated rings. The number of ether oxygens (including phenoxy) is 2. The van der Waals surface area contributed by atoms with Crippen molar-refractivity contribution < 1.29 is 14.3 Å². The number of esters is 1. The lowest BCUT2D eigenvalue weighted by Gasteiger charge is -2.33. The van der Waals surface area contributed by atoms with Gasteiger partial charge in [-0.15, -0.1) is 11.3 Å². The van der Waals surface area contributed by atoms with Gasteiger partial charge in [-0.1, -0.05) is 23.7 Å². The summed E-state index contributed by atoms with van der Waals surface area (Å²) in [5.41, 5.74) is 6.89. The number of fused-ring (bicyclic) bond motifs is 2. The van der Waals surface area contributed by atoms with Crippen molar-refractivity contribution in [3.8, 4) is 21.7 Å². The van der Waals surface area contributed by atoms with E-state index in [1.165, 1.54) is 5.69 Å². The minimum atomic E-state index is -0.918.